The van der Waals surface area contributed by atoms with Gasteiger partial charge < -0.3 is 15.0 Å². The standard InChI is InChI=1S/C15H16F2N2O3S2/c16-10-3-4-11(17)12(7-10)18-13(20)8-22-14(21)9-24-15(23)19-5-1-2-6-19/h3-4,7H,1-2,5-6,8-9H2,(H,18,20). The second kappa shape index (κ2) is 8.93. The molecule has 0 unspecified atom stereocenters. The van der Waals surface area contributed by atoms with Crippen molar-refractivity contribution in [3.05, 3.63) is 29.8 Å². The molecule has 0 atom stereocenters. The number of thioether (sulfide) groups is 1. The third-order valence-corrected chi connectivity index (χ3v) is 4.74. The molecular weight excluding hydrogens is 358 g/mol. The van der Waals surface area contributed by atoms with Crippen LogP contribution in [0, 0.1) is 11.6 Å². The topological polar surface area (TPSA) is 58.6 Å². The molecule has 0 aliphatic carbocycles. The lowest BCUT2D eigenvalue weighted by Crippen LogP contribution is -2.25. The first-order valence-electron chi connectivity index (χ1n) is 7.28. The lowest BCUT2D eigenvalue weighted by molar-refractivity contribution is -0.144. The van der Waals surface area contributed by atoms with E-state index in [0.717, 1.165) is 44.1 Å². The zero-order valence-electron chi connectivity index (χ0n) is 12.7. The Labute approximate surface area is 147 Å². The van der Waals surface area contributed by atoms with Crippen molar-refractivity contribution < 1.29 is 23.1 Å². The smallest absolute Gasteiger partial charge is 0.316 e. The molecule has 24 heavy (non-hydrogen) atoms. The largest absolute Gasteiger partial charge is 0.455 e. The number of thiocarbonyl (C=S) groups is 1. The quantitative estimate of drug-likeness (QED) is 0.631. The average molecular weight is 374 g/mol. The molecule has 1 N–H and O–H groups in total. The monoisotopic (exact) mass is 374 g/mol. The molecular formula is C15H16F2N2O3S2. The van der Waals surface area contributed by atoms with E-state index in [2.05, 4.69) is 5.32 Å². The number of ether oxygens (including phenoxy) is 1. The van der Waals surface area contributed by atoms with Gasteiger partial charge in [-0.2, -0.15) is 0 Å². The number of amides is 1. The molecule has 130 valence electrons. The minimum absolute atomic E-state index is 0.00304. The van der Waals surface area contributed by atoms with Crippen molar-refractivity contribution in [2.75, 3.05) is 30.8 Å². The van der Waals surface area contributed by atoms with Crippen LogP contribution in [0.5, 0.6) is 0 Å². The molecule has 0 aromatic heterocycles. The highest BCUT2D eigenvalue weighted by Gasteiger charge is 2.17. The molecule has 1 saturated heterocycles. The van der Waals surface area contributed by atoms with Crippen LogP contribution in [0.1, 0.15) is 12.8 Å². The van der Waals surface area contributed by atoms with Gasteiger partial charge in [-0.05, 0) is 25.0 Å². The summed E-state index contributed by atoms with van der Waals surface area (Å²) < 4.78 is 31.8. The summed E-state index contributed by atoms with van der Waals surface area (Å²) in [5.41, 5.74) is -0.305. The predicted molar refractivity (Wildman–Crippen MR) is 91.8 cm³/mol. The number of hydrogen-bond acceptors (Lipinski definition) is 5. The first kappa shape index (κ1) is 18.6. The van der Waals surface area contributed by atoms with Crippen molar-refractivity contribution in [2.24, 2.45) is 0 Å². The number of halogens is 2. The van der Waals surface area contributed by atoms with Crippen LogP contribution in [-0.2, 0) is 14.3 Å². The van der Waals surface area contributed by atoms with Gasteiger partial charge in [0.2, 0.25) is 0 Å². The van der Waals surface area contributed by atoms with E-state index in [1.54, 1.807) is 0 Å². The third kappa shape index (κ3) is 5.72. The van der Waals surface area contributed by atoms with Crippen molar-refractivity contribution in [1.29, 1.82) is 0 Å². The second-order valence-corrected chi connectivity index (χ2v) is 6.69. The highest BCUT2D eigenvalue weighted by molar-refractivity contribution is 8.23. The Morgan fingerprint density at radius 1 is 1.29 bits per heavy atom. The summed E-state index contributed by atoms with van der Waals surface area (Å²) in [7, 11) is 0. The maximum Gasteiger partial charge on any atom is 0.316 e. The Hall–Kier alpha value is -1.74. The number of carbonyl (C=O) groups excluding carboxylic acids is 2. The van der Waals surface area contributed by atoms with Crippen LogP contribution >= 0.6 is 24.0 Å². The van der Waals surface area contributed by atoms with E-state index in [1.165, 1.54) is 11.8 Å². The first-order valence-corrected chi connectivity index (χ1v) is 8.67. The number of rotatable bonds is 5. The number of carbonyl (C=O) groups is 2. The van der Waals surface area contributed by atoms with Gasteiger partial charge in [0.05, 0.1) is 11.4 Å². The van der Waals surface area contributed by atoms with E-state index in [0.29, 0.717) is 4.32 Å². The van der Waals surface area contributed by atoms with Crippen molar-refractivity contribution in [2.45, 2.75) is 12.8 Å². The van der Waals surface area contributed by atoms with Gasteiger partial charge in [-0.3, -0.25) is 9.59 Å². The SMILES string of the molecule is O=C(COC(=O)CSC(=S)N1CCCC1)Nc1cc(F)ccc1F. The molecule has 0 radical (unpaired) electrons. The summed E-state index contributed by atoms with van der Waals surface area (Å²) in [6, 6.07) is 2.68. The number of likely N-dealkylation sites (tertiary alicyclic amines) is 1. The average Bonchev–Trinajstić information content (AvgIpc) is 3.08. The molecule has 5 nitrogen and oxygen atoms in total. The summed E-state index contributed by atoms with van der Waals surface area (Å²) >= 11 is 6.39. The van der Waals surface area contributed by atoms with Gasteiger partial charge in [-0.1, -0.05) is 24.0 Å². The minimum Gasteiger partial charge on any atom is -0.455 e. The van der Waals surface area contributed by atoms with E-state index in [9.17, 15) is 18.4 Å². The highest BCUT2D eigenvalue weighted by Crippen LogP contribution is 2.17. The number of esters is 1. The molecule has 0 saturated carbocycles. The molecule has 1 aromatic carbocycles. The van der Waals surface area contributed by atoms with Crippen molar-refractivity contribution in [3.8, 4) is 0 Å². The van der Waals surface area contributed by atoms with Crippen LogP contribution in [0.25, 0.3) is 0 Å². The summed E-state index contributed by atoms with van der Waals surface area (Å²) in [5.74, 6) is -2.81. The maximum atomic E-state index is 13.4. The fourth-order valence-corrected chi connectivity index (χ4v) is 3.13. The summed E-state index contributed by atoms with van der Waals surface area (Å²) in [6.45, 7) is 1.21. The summed E-state index contributed by atoms with van der Waals surface area (Å²) in [4.78, 5) is 25.2. The van der Waals surface area contributed by atoms with Crippen LogP contribution in [0.15, 0.2) is 18.2 Å². The molecule has 1 heterocycles. The Morgan fingerprint density at radius 3 is 2.71 bits per heavy atom. The number of benzene rings is 1. The fraction of sp³-hybridized carbons (Fsp3) is 0.400. The van der Waals surface area contributed by atoms with Crippen LogP contribution in [0.3, 0.4) is 0 Å². The normalized spacial score (nSPS) is 13.7. The third-order valence-electron chi connectivity index (χ3n) is 3.24. The number of nitrogens with zero attached hydrogens (tertiary/aromatic N) is 1. The van der Waals surface area contributed by atoms with Gasteiger partial charge >= 0.3 is 5.97 Å². The lowest BCUT2D eigenvalue weighted by Gasteiger charge is -2.17. The summed E-state index contributed by atoms with van der Waals surface area (Å²) in [5, 5.41) is 2.14. The highest BCUT2D eigenvalue weighted by atomic mass is 32.2. The molecule has 1 aromatic rings. The second-order valence-electron chi connectivity index (χ2n) is 5.08. The predicted octanol–water partition coefficient (Wildman–Crippen LogP) is 2.56. The molecule has 0 spiro atoms. The maximum absolute atomic E-state index is 13.4. The van der Waals surface area contributed by atoms with Crippen LogP contribution in [0.4, 0.5) is 14.5 Å². The minimum atomic E-state index is -0.775. The van der Waals surface area contributed by atoms with E-state index < -0.39 is 30.1 Å². The van der Waals surface area contributed by atoms with E-state index in [1.807, 2.05) is 4.90 Å². The fourth-order valence-electron chi connectivity index (χ4n) is 2.08. The molecule has 0 bridgehead atoms. The molecule has 1 amide bonds. The Balaban J connectivity index is 1.70. The lowest BCUT2D eigenvalue weighted by atomic mass is 10.3. The van der Waals surface area contributed by atoms with Crippen molar-refractivity contribution >= 4 is 45.9 Å². The van der Waals surface area contributed by atoms with Crippen molar-refractivity contribution in [3.63, 3.8) is 0 Å². The van der Waals surface area contributed by atoms with Crippen LogP contribution in [-0.4, -0.2) is 46.5 Å². The van der Waals surface area contributed by atoms with Gasteiger partial charge in [-0.15, -0.1) is 0 Å². The van der Waals surface area contributed by atoms with Crippen LogP contribution in [0.2, 0.25) is 0 Å². The van der Waals surface area contributed by atoms with E-state index in [4.69, 9.17) is 17.0 Å². The Bertz CT molecular complexity index is 637. The van der Waals surface area contributed by atoms with Crippen molar-refractivity contribution in [1.82, 2.24) is 4.90 Å². The van der Waals surface area contributed by atoms with Gasteiger partial charge in [-0.25, -0.2) is 8.78 Å². The first-order chi connectivity index (χ1) is 11.5. The Kier molecular flexibility index (Phi) is 6.92. The molecule has 2 rings (SSSR count). The molecule has 1 fully saturated rings. The zero-order chi connectivity index (χ0) is 17.5. The number of anilines is 1. The van der Waals surface area contributed by atoms with Gasteiger partial charge in [0.15, 0.2) is 6.61 Å². The van der Waals surface area contributed by atoms with E-state index >= 15 is 0 Å². The summed E-state index contributed by atoms with van der Waals surface area (Å²) in [6.07, 6.45) is 2.17. The molecule has 9 heteroatoms. The Morgan fingerprint density at radius 2 is 2.00 bits per heavy atom. The zero-order valence-corrected chi connectivity index (χ0v) is 14.4. The number of hydrogen-bond donors (Lipinski definition) is 1. The van der Waals surface area contributed by atoms with Gasteiger partial charge in [0.1, 0.15) is 16.0 Å². The molecule has 1 aliphatic rings. The number of nitrogens with one attached hydrogen (secondary N) is 1. The molecule has 1 aliphatic heterocycles. The van der Waals surface area contributed by atoms with Crippen LogP contribution < -0.4 is 5.32 Å². The van der Waals surface area contributed by atoms with Gasteiger partial charge in [0, 0.05) is 19.2 Å². The van der Waals surface area contributed by atoms with Gasteiger partial charge in [0.25, 0.3) is 5.91 Å². The van der Waals surface area contributed by atoms with E-state index in [-0.39, 0.29) is 11.4 Å².